The summed E-state index contributed by atoms with van der Waals surface area (Å²) in [5.74, 6) is -3.44. The van der Waals surface area contributed by atoms with E-state index >= 15 is 0 Å². The summed E-state index contributed by atoms with van der Waals surface area (Å²) in [5.41, 5.74) is 1.47. The van der Waals surface area contributed by atoms with Crippen LogP contribution in [0.4, 0.5) is 13.2 Å². The third-order valence-electron chi connectivity index (χ3n) is 4.57. The molecule has 138 valence electrons. The minimum atomic E-state index is -3.14. The molecule has 0 saturated heterocycles. The Hall–Kier alpha value is -2.15. The zero-order valence-electron chi connectivity index (χ0n) is 14.3. The molecule has 2 aromatic rings. The van der Waals surface area contributed by atoms with Crippen LogP contribution in [-0.2, 0) is 12.3 Å². The predicted octanol–water partition coefficient (Wildman–Crippen LogP) is 4.32. The van der Waals surface area contributed by atoms with Gasteiger partial charge in [-0.1, -0.05) is 18.2 Å². The number of aromatic nitrogens is 2. The number of rotatable bonds is 5. The summed E-state index contributed by atoms with van der Waals surface area (Å²) in [6.07, 6.45) is 1.01. The molecular formula is C18H17ClF3N3O. The molecule has 2 heterocycles. The fraction of sp³-hybridized carbons (Fsp3) is 0.389. The molecule has 1 aromatic carbocycles. The number of amides is 1. The molecule has 1 amide bonds. The van der Waals surface area contributed by atoms with Gasteiger partial charge in [0, 0.05) is 31.6 Å². The van der Waals surface area contributed by atoms with Gasteiger partial charge < -0.3 is 4.90 Å². The van der Waals surface area contributed by atoms with Gasteiger partial charge in [0.2, 0.25) is 5.28 Å². The van der Waals surface area contributed by atoms with E-state index in [0.29, 0.717) is 11.1 Å². The molecule has 8 heteroatoms. The highest BCUT2D eigenvalue weighted by Crippen LogP contribution is 2.37. The van der Waals surface area contributed by atoms with E-state index in [4.69, 9.17) is 11.6 Å². The third kappa shape index (κ3) is 3.28. The number of carbonyl (C=O) groups excluding carboxylic acids is 1. The van der Waals surface area contributed by atoms with Gasteiger partial charge >= 0.3 is 0 Å². The van der Waals surface area contributed by atoms with E-state index in [2.05, 4.69) is 9.97 Å². The smallest absolute Gasteiger partial charge is 0.273 e. The molecule has 0 radical (unpaired) electrons. The first-order valence-corrected chi connectivity index (χ1v) is 8.50. The van der Waals surface area contributed by atoms with Crippen molar-refractivity contribution < 1.29 is 18.0 Å². The van der Waals surface area contributed by atoms with Crippen molar-refractivity contribution in [2.24, 2.45) is 0 Å². The second kappa shape index (κ2) is 6.87. The lowest BCUT2D eigenvalue weighted by atomic mass is 9.95. The molecule has 1 atom stereocenters. The fourth-order valence-corrected chi connectivity index (χ4v) is 3.48. The summed E-state index contributed by atoms with van der Waals surface area (Å²) in [7, 11) is 0. The van der Waals surface area contributed by atoms with E-state index in [1.807, 2.05) is 6.92 Å². The van der Waals surface area contributed by atoms with Gasteiger partial charge in [0.1, 0.15) is 6.67 Å². The Bertz CT molecular complexity index is 854. The van der Waals surface area contributed by atoms with Gasteiger partial charge in [-0.05, 0) is 29.7 Å². The molecule has 1 aliphatic heterocycles. The van der Waals surface area contributed by atoms with Crippen LogP contribution in [0.1, 0.15) is 52.6 Å². The number of hydrogen-bond acceptors (Lipinski definition) is 3. The molecular weight excluding hydrogens is 367 g/mol. The first-order chi connectivity index (χ1) is 12.2. The number of benzene rings is 1. The normalized spacial score (nSPS) is 16.9. The molecule has 26 heavy (non-hydrogen) atoms. The van der Waals surface area contributed by atoms with Crippen LogP contribution in [0.15, 0.2) is 24.4 Å². The van der Waals surface area contributed by atoms with E-state index in [9.17, 15) is 18.0 Å². The number of nitrogens with zero attached hydrogens (tertiary/aromatic N) is 3. The summed E-state index contributed by atoms with van der Waals surface area (Å²) < 4.78 is 40.6. The Kier molecular flexibility index (Phi) is 4.92. The minimum Gasteiger partial charge on any atom is -0.329 e. The van der Waals surface area contributed by atoms with Crippen LogP contribution in [-0.4, -0.2) is 34.0 Å². The molecule has 0 fully saturated rings. The van der Waals surface area contributed by atoms with Gasteiger partial charge in [-0.25, -0.2) is 23.1 Å². The number of carbonyl (C=O) groups is 1. The summed E-state index contributed by atoms with van der Waals surface area (Å²) in [4.78, 5) is 21.7. The van der Waals surface area contributed by atoms with Crippen LogP contribution >= 0.6 is 11.6 Å². The number of fused-ring (bicyclic) bond motifs is 1. The molecule has 1 unspecified atom stereocenters. The Morgan fingerprint density at radius 2 is 2.08 bits per heavy atom. The first kappa shape index (κ1) is 18.6. The van der Waals surface area contributed by atoms with Crippen LogP contribution in [0.3, 0.4) is 0 Å². The standard InChI is InChI=1S/C18H17ClF3N3O/c1-10-12-5-3-4-11(15(12)16(26)25(10)7-6-20)8-14-13(18(2,21)22)9-23-17(19)24-14/h3-5,9-10H,6-8H2,1-2H3. The summed E-state index contributed by atoms with van der Waals surface area (Å²) in [5, 5.41) is -0.140. The molecule has 4 nitrogen and oxygen atoms in total. The van der Waals surface area contributed by atoms with Gasteiger partial charge in [0.15, 0.2) is 0 Å². The van der Waals surface area contributed by atoms with Crippen LogP contribution < -0.4 is 0 Å². The van der Waals surface area contributed by atoms with Crippen molar-refractivity contribution in [2.75, 3.05) is 13.2 Å². The average Bonchev–Trinajstić information content (AvgIpc) is 2.80. The molecule has 1 aromatic heterocycles. The lowest BCUT2D eigenvalue weighted by Gasteiger charge is -2.20. The maximum atomic E-state index is 13.9. The Morgan fingerprint density at radius 1 is 1.35 bits per heavy atom. The highest BCUT2D eigenvalue weighted by atomic mass is 35.5. The Balaban J connectivity index is 2.05. The van der Waals surface area contributed by atoms with Crippen molar-refractivity contribution in [3.05, 3.63) is 57.6 Å². The Morgan fingerprint density at radius 3 is 2.73 bits per heavy atom. The van der Waals surface area contributed by atoms with Crippen LogP contribution in [0, 0.1) is 0 Å². The van der Waals surface area contributed by atoms with Crippen molar-refractivity contribution in [1.82, 2.24) is 14.9 Å². The zero-order valence-corrected chi connectivity index (χ0v) is 15.0. The van der Waals surface area contributed by atoms with E-state index in [1.165, 1.54) is 4.90 Å². The largest absolute Gasteiger partial charge is 0.329 e. The maximum Gasteiger partial charge on any atom is 0.273 e. The van der Waals surface area contributed by atoms with Crippen LogP contribution in [0.25, 0.3) is 0 Å². The monoisotopic (exact) mass is 383 g/mol. The topological polar surface area (TPSA) is 46.1 Å². The van der Waals surface area contributed by atoms with Gasteiger partial charge in [0.05, 0.1) is 17.3 Å². The maximum absolute atomic E-state index is 13.9. The van der Waals surface area contributed by atoms with E-state index in [-0.39, 0.29) is 41.5 Å². The van der Waals surface area contributed by atoms with Gasteiger partial charge in [-0.15, -0.1) is 0 Å². The zero-order chi connectivity index (χ0) is 19.1. The van der Waals surface area contributed by atoms with E-state index < -0.39 is 12.6 Å². The predicted molar refractivity (Wildman–Crippen MR) is 91.3 cm³/mol. The number of alkyl halides is 3. The summed E-state index contributed by atoms with van der Waals surface area (Å²) in [6.45, 7) is 1.92. The van der Waals surface area contributed by atoms with E-state index in [0.717, 1.165) is 18.7 Å². The van der Waals surface area contributed by atoms with Crippen molar-refractivity contribution in [3.63, 3.8) is 0 Å². The van der Waals surface area contributed by atoms with Crippen LogP contribution in [0.2, 0.25) is 5.28 Å². The van der Waals surface area contributed by atoms with Crippen molar-refractivity contribution >= 4 is 17.5 Å². The SMILES string of the molecule is CC1c2cccc(Cc3nc(Cl)ncc3C(C)(F)F)c2C(=O)N1CCF. The van der Waals surface area contributed by atoms with Crippen molar-refractivity contribution in [2.45, 2.75) is 32.2 Å². The lowest BCUT2D eigenvalue weighted by molar-refractivity contribution is 0.0158. The number of hydrogen-bond donors (Lipinski definition) is 0. The molecule has 0 N–H and O–H groups in total. The Labute approximate surface area is 154 Å². The van der Waals surface area contributed by atoms with Gasteiger partial charge in [0.25, 0.3) is 11.8 Å². The summed E-state index contributed by atoms with van der Waals surface area (Å²) >= 11 is 5.78. The van der Waals surface area contributed by atoms with E-state index in [1.54, 1.807) is 18.2 Å². The third-order valence-corrected chi connectivity index (χ3v) is 4.75. The average molecular weight is 384 g/mol. The molecule has 0 saturated carbocycles. The number of halogens is 4. The summed E-state index contributed by atoms with van der Waals surface area (Å²) in [6, 6.07) is 4.97. The molecule has 0 bridgehead atoms. The second-order valence-electron chi connectivity index (χ2n) is 6.31. The molecule has 3 rings (SSSR count). The molecule has 1 aliphatic rings. The fourth-order valence-electron chi connectivity index (χ4n) is 3.32. The minimum absolute atomic E-state index is 0.00605. The lowest BCUT2D eigenvalue weighted by Crippen LogP contribution is -2.29. The van der Waals surface area contributed by atoms with Gasteiger partial charge in [-0.3, -0.25) is 4.79 Å². The van der Waals surface area contributed by atoms with Gasteiger partial charge in [-0.2, -0.15) is 0 Å². The highest BCUT2D eigenvalue weighted by Gasteiger charge is 2.36. The van der Waals surface area contributed by atoms with Crippen molar-refractivity contribution in [3.8, 4) is 0 Å². The molecule has 0 aliphatic carbocycles. The second-order valence-corrected chi connectivity index (χ2v) is 6.65. The van der Waals surface area contributed by atoms with Crippen LogP contribution in [0.5, 0.6) is 0 Å². The quantitative estimate of drug-likeness (QED) is 0.722. The highest BCUT2D eigenvalue weighted by molar-refractivity contribution is 6.28. The van der Waals surface area contributed by atoms with Crippen molar-refractivity contribution in [1.29, 1.82) is 0 Å². The molecule has 0 spiro atoms. The first-order valence-electron chi connectivity index (χ1n) is 8.12.